The smallest absolute Gasteiger partial charge is 0.279 e. The van der Waals surface area contributed by atoms with Gasteiger partial charge in [0.25, 0.3) is 16.1 Å². The van der Waals surface area contributed by atoms with Crippen LogP contribution in [0, 0.1) is 23.2 Å². The van der Waals surface area contributed by atoms with E-state index in [1.807, 2.05) is 48.7 Å². The first-order chi connectivity index (χ1) is 19.2. The molecule has 1 saturated heterocycles. The van der Waals surface area contributed by atoms with E-state index in [0.717, 1.165) is 43.0 Å². The van der Waals surface area contributed by atoms with Gasteiger partial charge in [0.15, 0.2) is 0 Å². The lowest BCUT2D eigenvalue weighted by atomic mass is 9.83. The Kier molecular flexibility index (Phi) is 10.2. The number of aromatic nitrogens is 1. The highest BCUT2D eigenvalue weighted by Crippen LogP contribution is 2.26. The van der Waals surface area contributed by atoms with E-state index in [2.05, 4.69) is 21.4 Å². The number of para-hydroxylation sites is 1. The molecule has 1 aliphatic heterocycles. The Morgan fingerprint density at radius 2 is 1.80 bits per heavy atom. The predicted octanol–water partition coefficient (Wildman–Crippen LogP) is 3.30. The van der Waals surface area contributed by atoms with Crippen LogP contribution >= 0.6 is 0 Å². The van der Waals surface area contributed by atoms with Crippen molar-refractivity contribution < 1.29 is 18.0 Å². The average molecular weight is 571 g/mol. The summed E-state index contributed by atoms with van der Waals surface area (Å²) in [6.45, 7) is 5.51. The summed E-state index contributed by atoms with van der Waals surface area (Å²) >= 11 is 0. The van der Waals surface area contributed by atoms with Gasteiger partial charge in [0.1, 0.15) is 11.7 Å². The summed E-state index contributed by atoms with van der Waals surface area (Å²) < 4.78 is 31.6. The van der Waals surface area contributed by atoms with Gasteiger partial charge in [0.2, 0.25) is 5.91 Å². The van der Waals surface area contributed by atoms with Crippen molar-refractivity contribution in [2.75, 3.05) is 19.6 Å². The summed E-state index contributed by atoms with van der Waals surface area (Å²) in [5.41, 5.74) is 1.27. The Morgan fingerprint density at radius 3 is 2.52 bits per heavy atom. The van der Waals surface area contributed by atoms with Crippen molar-refractivity contribution in [3.8, 4) is 6.07 Å². The monoisotopic (exact) mass is 570 g/mol. The van der Waals surface area contributed by atoms with Crippen LogP contribution in [0.5, 0.6) is 0 Å². The maximum atomic E-state index is 13.6. The van der Waals surface area contributed by atoms with Gasteiger partial charge in [0.05, 0.1) is 12.0 Å². The predicted molar refractivity (Wildman–Crippen MR) is 154 cm³/mol. The summed E-state index contributed by atoms with van der Waals surface area (Å²) in [6.07, 6.45) is 6.48. The maximum absolute atomic E-state index is 13.6. The van der Waals surface area contributed by atoms with Gasteiger partial charge < -0.3 is 15.2 Å². The lowest BCUT2D eigenvalue weighted by Gasteiger charge is -2.32. The Balaban J connectivity index is 1.47. The van der Waals surface area contributed by atoms with E-state index in [4.69, 9.17) is 0 Å². The number of nitrogens with zero attached hydrogens (tertiary/aromatic N) is 3. The molecular weight excluding hydrogens is 528 g/mol. The first-order valence-electron chi connectivity index (χ1n) is 14.5. The Bertz CT molecular complexity index is 1330. The van der Waals surface area contributed by atoms with Crippen LogP contribution in [-0.4, -0.2) is 60.8 Å². The molecule has 0 spiro atoms. The van der Waals surface area contributed by atoms with Crippen LogP contribution in [0.25, 0.3) is 10.9 Å². The first kappa shape index (κ1) is 30.0. The van der Waals surface area contributed by atoms with Gasteiger partial charge in [0, 0.05) is 43.1 Å². The van der Waals surface area contributed by atoms with Crippen LogP contribution in [-0.2, 0) is 21.5 Å². The molecule has 2 aromatic rings. The highest BCUT2D eigenvalue weighted by atomic mass is 32.2. The van der Waals surface area contributed by atoms with Crippen molar-refractivity contribution in [2.24, 2.45) is 11.8 Å². The summed E-state index contributed by atoms with van der Waals surface area (Å²) in [7, 11) is -3.58. The molecule has 40 heavy (non-hydrogen) atoms. The van der Waals surface area contributed by atoms with Crippen LogP contribution < -0.4 is 15.4 Å². The van der Waals surface area contributed by atoms with Crippen LogP contribution in [0.15, 0.2) is 30.3 Å². The van der Waals surface area contributed by atoms with E-state index in [1.54, 1.807) is 0 Å². The maximum Gasteiger partial charge on any atom is 0.279 e. The quantitative estimate of drug-likeness (QED) is 0.381. The fraction of sp³-hybridized carbons (Fsp3) is 0.621. The van der Waals surface area contributed by atoms with Crippen LogP contribution in [0.3, 0.4) is 0 Å². The van der Waals surface area contributed by atoms with Crippen molar-refractivity contribution in [2.45, 2.75) is 83.8 Å². The second-order valence-electron chi connectivity index (χ2n) is 11.4. The van der Waals surface area contributed by atoms with E-state index in [9.17, 15) is 23.3 Å². The van der Waals surface area contributed by atoms with Crippen molar-refractivity contribution >= 4 is 32.9 Å². The molecule has 4 rings (SSSR count). The van der Waals surface area contributed by atoms with Crippen LogP contribution in [0.1, 0.15) is 75.7 Å². The Hall–Kier alpha value is -2.94. The minimum absolute atomic E-state index is 0.150. The van der Waals surface area contributed by atoms with Gasteiger partial charge in [-0.2, -0.15) is 18.0 Å². The Morgan fingerprint density at radius 1 is 1.07 bits per heavy atom. The van der Waals surface area contributed by atoms with Crippen molar-refractivity contribution in [3.63, 3.8) is 0 Å². The molecule has 1 aliphatic carbocycles. The van der Waals surface area contributed by atoms with E-state index >= 15 is 0 Å². The zero-order valence-corrected chi connectivity index (χ0v) is 24.4. The zero-order valence-electron chi connectivity index (χ0n) is 23.6. The number of carbonyl (C=O) groups excluding carboxylic acids is 2. The Labute approximate surface area is 237 Å². The van der Waals surface area contributed by atoms with E-state index in [-0.39, 0.29) is 36.9 Å². The number of nitriles is 1. The zero-order chi connectivity index (χ0) is 28.7. The SMILES string of the molecule is CC(C)CC(C#N)NC(=O)[C@@H]1CCCC[C@@H]1NC(=O)c1cc2ccccc2n1CCNS(=O)(=O)N1CCCCC1. The van der Waals surface area contributed by atoms with Gasteiger partial charge >= 0.3 is 0 Å². The van der Waals surface area contributed by atoms with Gasteiger partial charge in [-0.1, -0.05) is 51.3 Å². The standard InChI is InChI=1S/C29H42N6O4S/c1-21(2)18-23(20-30)32-28(36)24-11-5-6-12-25(24)33-29(37)27-19-22-10-4-7-13-26(22)35(27)17-14-31-40(38,39)34-15-8-3-9-16-34/h4,7,10,13,19,21,23-25,31H,3,5-6,8-9,11-12,14-18H2,1-2H3,(H,32,36)(H,33,37)/t23?,24-,25+/m1/s1. The minimum Gasteiger partial charge on any atom is -0.347 e. The highest BCUT2D eigenvalue weighted by molar-refractivity contribution is 7.87. The van der Waals surface area contributed by atoms with E-state index in [0.29, 0.717) is 38.0 Å². The summed E-state index contributed by atoms with van der Waals surface area (Å²) in [5, 5.41) is 16.4. The van der Waals surface area contributed by atoms with E-state index < -0.39 is 22.2 Å². The van der Waals surface area contributed by atoms with Gasteiger partial charge in [-0.05, 0) is 50.2 Å². The van der Waals surface area contributed by atoms with Crippen molar-refractivity contribution in [1.82, 2.24) is 24.2 Å². The highest BCUT2D eigenvalue weighted by Gasteiger charge is 2.34. The number of hydrogen-bond donors (Lipinski definition) is 3. The molecule has 10 nitrogen and oxygen atoms in total. The largest absolute Gasteiger partial charge is 0.347 e. The third-order valence-corrected chi connectivity index (χ3v) is 9.53. The minimum atomic E-state index is -3.58. The normalized spacial score (nSPS) is 21.1. The molecule has 0 bridgehead atoms. The van der Waals surface area contributed by atoms with E-state index in [1.165, 1.54) is 4.31 Å². The fourth-order valence-electron chi connectivity index (χ4n) is 5.88. The number of fused-ring (bicyclic) bond motifs is 1. The summed E-state index contributed by atoms with van der Waals surface area (Å²) in [6, 6.07) is 10.7. The van der Waals surface area contributed by atoms with Crippen LogP contribution in [0.2, 0.25) is 0 Å². The lowest BCUT2D eigenvalue weighted by molar-refractivity contribution is -0.127. The molecule has 2 fully saturated rings. The number of benzene rings is 1. The number of hydrogen-bond acceptors (Lipinski definition) is 5. The number of rotatable bonds is 11. The molecule has 1 saturated carbocycles. The molecule has 2 aliphatic rings. The van der Waals surface area contributed by atoms with Gasteiger partial charge in [-0.15, -0.1) is 0 Å². The number of amides is 2. The van der Waals surface area contributed by atoms with Gasteiger partial charge in [-0.25, -0.2) is 4.72 Å². The summed E-state index contributed by atoms with van der Waals surface area (Å²) in [5.74, 6) is -0.614. The number of nitrogens with one attached hydrogen (secondary N) is 3. The van der Waals surface area contributed by atoms with Crippen molar-refractivity contribution in [1.29, 1.82) is 5.26 Å². The molecule has 2 heterocycles. The summed E-state index contributed by atoms with van der Waals surface area (Å²) in [4.78, 5) is 26.8. The second kappa shape index (κ2) is 13.6. The number of carbonyl (C=O) groups is 2. The molecule has 0 radical (unpaired) electrons. The van der Waals surface area contributed by atoms with Crippen LogP contribution in [0.4, 0.5) is 0 Å². The van der Waals surface area contributed by atoms with Crippen molar-refractivity contribution in [3.05, 3.63) is 36.0 Å². The van der Waals surface area contributed by atoms with Gasteiger partial charge in [-0.3, -0.25) is 9.59 Å². The molecule has 1 aromatic heterocycles. The molecule has 1 unspecified atom stereocenters. The molecular formula is C29H42N6O4S. The molecule has 3 N–H and O–H groups in total. The molecule has 2 amide bonds. The fourth-order valence-corrected chi connectivity index (χ4v) is 7.15. The molecule has 11 heteroatoms. The number of piperidine rings is 1. The average Bonchev–Trinajstić information content (AvgIpc) is 3.32. The lowest BCUT2D eigenvalue weighted by Crippen LogP contribution is -2.50. The third-order valence-electron chi connectivity index (χ3n) is 7.92. The third kappa shape index (κ3) is 7.42. The topological polar surface area (TPSA) is 136 Å². The first-order valence-corrected chi connectivity index (χ1v) is 16.0. The molecule has 218 valence electrons. The molecule has 1 aromatic carbocycles. The molecule has 3 atom stereocenters. The second-order valence-corrected chi connectivity index (χ2v) is 13.1.